The zero-order valence-electron chi connectivity index (χ0n) is 15.4. The molecule has 3 rings (SSSR count). The molecule has 2 unspecified atom stereocenters. The SMILES string of the molecule is CC(N)C1CCCN(C(=O)c2ccccc2S(=O)(=O)N2CCCCC2)C1. The standard InChI is InChI=1S/C19H29N3O3S/c1-15(20)16-8-7-11-21(14-16)19(23)17-9-3-4-10-18(17)26(24,25)22-12-5-2-6-13-22/h3-4,9-10,15-16H,2,5-8,11-14,20H2,1H3. The highest BCUT2D eigenvalue weighted by Crippen LogP contribution is 2.26. The Hall–Kier alpha value is -1.44. The van der Waals surface area contributed by atoms with Crippen molar-refractivity contribution < 1.29 is 13.2 Å². The second kappa shape index (κ2) is 8.06. The number of rotatable bonds is 4. The molecule has 26 heavy (non-hydrogen) atoms. The van der Waals surface area contributed by atoms with Gasteiger partial charge in [0.25, 0.3) is 5.91 Å². The van der Waals surface area contributed by atoms with Crippen molar-refractivity contribution in [2.45, 2.75) is 50.0 Å². The molecule has 1 amide bonds. The van der Waals surface area contributed by atoms with Gasteiger partial charge < -0.3 is 10.6 Å². The van der Waals surface area contributed by atoms with Gasteiger partial charge in [-0.05, 0) is 50.7 Å². The van der Waals surface area contributed by atoms with Crippen molar-refractivity contribution >= 4 is 15.9 Å². The van der Waals surface area contributed by atoms with Gasteiger partial charge in [-0.1, -0.05) is 18.6 Å². The lowest BCUT2D eigenvalue weighted by molar-refractivity contribution is 0.0657. The Kier molecular flexibility index (Phi) is 5.99. The number of nitrogens with two attached hydrogens (primary N) is 1. The number of benzene rings is 1. The molecule has 0 spiro atoms. The molecule has 2 aliphatic rings. The highest BCUT2D eigenvalue weighted by Gasteiger charge is 2.33. The van der Waals surface area contributed by atoms with Gasteiger partial charge in [0.15, 0.2) is 0 Å². The zero-order valence-corrected chi connectivity index (χ0v) is 16.2. The van der Waals surface area contributed by atoms with E-state index in [2.05, 4.69) is 0 Å². The minimum Gasteiger partial charge on any atom is -0.338 e. The van der Waals surface area contributed by atoms with Crippen LogP contribution in [-0.2, 0) is 10.0 Å². The van der Waals surface area contributed by atoms with Crippen LogP contribution in [0.4, 0.5) is 0 Å². The van der Waals surface area contributed by atoms with Crippen LogP contribution in [-0.4, -0.2) is 55.8 Å². The fourth-order valence-corrected chi connectivity index (χ4v) is 5.61. The van der Waals surface area contributed by atoms with E-state index in [1.165, 1.54) is 4.31 Å². The Bertz CT molecular complexity index is 742. The van der Waals surface area contributed by atoms with Gasteiger partial charge in [-0.3, -0.25) is 4.79 Å². The summed E-state index contributed by atoms with van der Waals surface area (Å²) >= 11 is 0. The molecule has 0 radical (unpaired) electrons. The first-order valence-corrected chi connectivity index (χ1v) is 11.0. The van der Waals surface area contributed by atoms with Crippen LogP contribution in [0, 0.1) is 5.92 Å². The predicted molar refractivity (Wildman–Crippen MR) is 101 cm³/mol. The van der Waals surface area contributed by atoms with E-state index in [0.29, 0.717) is 26.2 Å². The number of amides is 1. The van der Waals surface area contributed by atoms with Crippen molar-refractivity contribution in [2.24, 2.45) is 11.7 Å². The number of likely N-dealkylation sites (tertiary alicyclic amines) is 1. The summed E-state index contributed by atoms with van der Waals surface area (Å²) in [5, 5.41) is 0. The van der Waals surface area contributed by atoms with Crippen molar-refractivity contribution in [3.8, 4) is 0 Å². The van der Waals surface area contributed by atoms with Crippen LogP contribution >= 0.6 is 0 Å². The average molecular weight is 380 g/mol. The van der Waals surface area contributed by atoms with Crippen molar-refractivity contribution in [2.75, 3.05) is 26.2 Å². The molecule has 2 heterocycles. The first-order valence-electron chi connectivity index (χ1n) is 9.55. The molecule has 144 valence electrons. The quantitative estimate of drug-likeness (QED) is 0.868. The number of sulfonamides is 1. The largest absolute Gasteiger partial charge is 0.338 e. The molecule has 0 aromatic heterocycles. The number of piperidine rings is 2. The second-order valence-corrected chi connectivity index (χ2v) is 9.38. The maximum atomic E-state index is 13.1. The van der Waals surface area contributed by atoms with Gasteiger partial charge in [-0.25, -0.2) is 8.42 Å². The lowest BCUT2D eigenvalue weighted by atomic mass is 9.92. The van der Waals surface area contributed by atoms with Crippen LogP contribution < -0.4 is 5.73 Å². The van der Waals surface area contributed by atoms with E-state index in [1.807, 2.05) is 6.92 Å². The lowest BCUT2D eigenvalue weighted by Crippen LogP contribution is -2.45. The Labute approximate surface area is 156 Å². The zero-order chi connectivity index (χ0) is 18.7. The molecular weight excluding hydrogens is 350 g/mol. The molecular formula is C19H29N3O3S. The van der Waals surface area contributed by atoms with E-state index in [0.717, 1.165) is 32.1 Å². The summed E-state index contributed by atoms with van der Waals surface area (Å²) in [7, 11) is -3.65. The van der Waals surface area contributed by atoms with Crippen molar-refractivity contribution in [1.29, 1.82) is 0 Å². The van der Waals surface area contributed by atoms with E-state index in [4.69, 9.17) is 5.73 Å². The van der Waals surface area contributed by atoms with Crippen LogP contribution in [0.3, 0.4) is 0 Å². The predicted octanol–water partition coefficient (Wildman–Crippen LogP) is 2.06. The fourth-order valence-electron chi connectivity index (χ4n) is 3.91. The lowest BCUT2D eigenvalue weighted by Gasteiger charge is -2.35. The van der Waals surface area contributed by atoms with E-state index < -0.39 is 10.0 Å². The summed E-state index contributed by atoms with van der Waals surface area (Å²) in [5.74, 6) is 0.0603. The van der Waals surface area contributed by atoms with Crippen LogP contribution in [0.1, 0.15) is 49.4 Å². The summed E-state index contributed by atoms with van der Waals surface area (Å²) < 4.78 is 27.7. The Morgan fingerprint density at radius 2 is 1.81 bits per heavy atom. The molecule has 1 aromatic carbocycles. The third-order valence-corrected chi connectivity index (χ3v) is 7.50. The summed E-state index contributed by atoms with van der Waals surface area (Å²) in [5.41, 5.74) is 6.31. The summed E-state index contributed by atoms with van der Waals surface area (Å²) in [6, 6.07) is 6.64. The Morgan fingerprint density at radius 1 is 1.12 bits per heavy atom. The highest BCUT2D eigenvalue weighted by molar-refractivity contribution is 7.89. The van der Waals surface area contributed by atoms with Gasteiger partial charge >= 0.3 is 0 Å². The van der Waals surface area contributed by atoms with Crippen molar-refractivity contribution in [3.63, 3.8) is 0 Å². The third kappa shape index (κ3) is 3.94. The van der Waals surface area contributed by atoms with E-state index in [1.54, 1.807) is 29.2 Å². The van der Waals surface area contributed by atoms with Crippen molar-refractivity contribution in [3.05, 3.63) is 29.8 Å². The van der Waals surface area contributed by atoms with Crippen LogP contribution in [0.15, 0.2) is 29.2 Å². The van der Waals surface area contributed by atoms with Crippen LogP contribution in [0.25, 0.3) is 0 Å². The minimum absolute atomic E-state index is 0.0259. The van der Waals surface area contributed by atoms with Gasteiger partial charge in [-0.2, -0.15) is 4.31 Å². The number of carbonyl (C=O) groups excluding carboxylic acids is 1. The summed E-state index contributed by atoms with van der Waals surface area (Å²) in [6.45, 7) is 4.27. The molecule has 2 fully saturated rings. The van der Waals surface area contributed by atoms with Crippen LogP contribution in [0.2, 0.25) is 0 Å². The molecule has 0 saturated carbocycles. The summed E-state index contributed by atoms with van der Waals surface area (Å²) in [4.78, 5) is 15.0. The van der Waals surface area contributed by atoms with Gasteiger partial charge in [0.2, 0.25) is 10.0 Å². The van der Waals surface area contributed by atoms with Crippen molar-refractivity contribution in [1.82, 2.24) is 9.21 Å². The van der Waals surface area contributed by atoms with E-state index in [9.17, 15) is 13.2 Å². The molecule has 1 aromatic rings. The third-order valence-electron chi connectivity index (χ3n) is 5.54. The molecule has 0 aliphatic carbocycles. The number of hydrogen-bond acceptors (Lipinski definition) is 4. The van der Waals surface area contributed by atoms with Gasteiger partial charge in [-0.15, -0.1) is 0 Å². The van der Waals surface area contributed by atoms with E-state index >= 15 is 0 Å². The average Bonchev–Trinajstić information content (AvgIpc) is 2.68. The first-order chi connectivity index (χ1) is 12.4. The van der Waals surface area contributed by atoms with Gasteiger partial charge in [0.1, 0.15) is 0 Å². The van der Waals surface area contributed by atoms with E-state index in [-0.39, 0.29) is 28.3 Å². The van der Waals surface area contributed by atoms with Gasteiger partial charge in [0, 0.05) is 32.2 Å². The maximum absolute atomic E-state index is 13.1. The molecule has 2 atom stereocenters. The number of hydrogen-bond donors (Lipinski definition) is 1. The van der Waals surface area contributed by atoms with Gasteiger partial charge in [0.05, 0.1) is 10.5 Å². The minimum atomic E-state index is -3.65. The smallest absolute Gasteiger partial charge is 0.255 e. The Balaban J connectivity index is 1.88. The first kappa shape index (κ1) is 19.3. The topological polar surface area (TPSA) is 83.7 Å². The molecule has 0 bridgehead atoms. The number of nitrogens with zero attached hydrogens (tertiary/aromatic N) is 2. The molecule has 2 aliphatic heterocycles. The summed E-state index contributed by atoms with van der Waals surface area (Å²) in [6.07, 6.45) is 4.71. The van der Waals surface area contributed by atoms with Crippen LogP contribution in [0.5, 0.6) is 0 Å². The normalized spacial score (nSPS) is 23.6. The second-order valence-electron chi connectivity index (χ2n) is 7.47. The fraction of sp³-hybridized carbons (Fsp3) is 0.632. The molecule has 2 saturated heterocycles. The molecule has 6 nitrogen and oxygen atoms in total. The molecule has 7 heteroatoms. The number of carbonyl (C=O) groups is 1. The maximum Gasteiger partial charge on any atom is 0.255 e. The monoisotopic (exact) mass is 379 g/mol. The Morgan fingerprint density at radius 3 is 2.50 bits per heavy atom. The molecule has 2 N–H and O–H groups in total. The highest BCUT2D eigenvalue weighted by atomic mass is 32.2.